The predicted octanol–water partition coefficient (Wildman–Crippen LogP) is 1.10. The Morgan fingerprint density at radius 3 is 2.87 bits per heavy atom. The van der Waals surface area contributed by atoms with Gasteiger partial charge in [-0.1, -0.05) is 6.92 Å². The van der Waals surface area contributed by atoms with Crippen LogP contribution >= 0.6 is 0 Å². The lowest BCUT2D eigenvalue weighted by Crippen LogP contribution is -2.40. The maximum Gasteiger partial charge on any atom is 0.0507 e. The first kappa shape index (κ1) is 11.4. The molecule has 0 amide bonds. The Morgan fingerprint density at radius 2 is 2.27 bits per heavy atom. The molecule has 1 N–H and O–H groups in total. The van der Waals surface area contributed by atoms with Crippen molar-refractivity contribution in [1.29, 1.82) is 0 Å². The van der Waals surface area contributed by atoms with E-state index >= 15 is 0 Å². The van der Waals surface area contributed by atoms with Crippen LogP contribution in [0.15, 0.2) is 0 Å². The molecule has 2 aliphatic rings. The van der Waals surface area contributed by atoms with Crippen LogP contribution in [0.4, 0.5) is 0 Å². The van der Waals surface area contributed by atoms with Crippen molar-refractivity contribution in [3.8, 4) is 0 Å². The molecule has 0 aromatic heterocycles. The van der Waals surface area contributed by atoms with Gasteiger partial charge < -0.3 is 15.0 Å². The van der Waals surface area contributed by atoms with Crippen molar-refractivity contribution < 1.29 is 4.74 Å². The number of ether oxygens (including phenoxy) is 1. The molecule has 0 saturated carbocycles. The van der Waals surface area contributed by atoms with Gasteiger partial charge in [-0.05, 0) is 38.3 Å². The number of nitrogens with one attached hydrogen (secondary N) is 1. The maximum absolute atomic E-state index is 5.43. The summed E-state index contributed by atoms with van der Waals surface area (Å²) in [6, 6.07) is 0.743. The average molecular weight is 212 g/mol. The first-order chi connectivity index (χ1) is 7.38. The van der Waals surface area contributed by atoms with Crippen molar-refractivity contribution in [2.45, 2.75) is 32.2 Å². The highest BCUT2D eigenvalue weighted by Gasteiger charge is 2.21. The van der Waals surface area contributed by atoms with E-state index in [0.29, 0.717) is 0 Å². The third-order valence-corrected chi connectivity index (χ3v) is 3.63. The fourth-order valence-electron chi connectivity index (χ4n) is 2.65. The second-order valence-electron chi connectivity index (χ2n) is 4.88. The van der Waals surface area contributed by atoms with E-state index in [-0.39, 0.29) is 0 Å². The second kappa shape index (κ2) is 5.83. The molecule has 2 atom stereocenters. The van der Waals surface area contributed by atoms with Gasteiger partial charge in [-0.15, -0.1) is 0 Å². The molecular formula is C12H24N2O. The summed E-state index contributed by atoms with van der Waals surface area (Å²) in [7, 11) is 0. The smallest absolute Gasteiger partial charge is 0.0507 e. The summed E-state index contributed by atoms with van der Waals surface area (Å²) in [5.41, 5.74) is 0. The molecule has 3 nitrogen and oxygen atoms in total. The first-order valence-corrected chi connectivity index (χ1v) is 6.42. The van der Waals surface area contributed by atoms with Crippen LogP contribution in [-0.4, -0.2) is 50.3 Å². The largest absolute Gasteiger partial charge is 0.381 e. The lowest BCUT2D eigenvalue weighted by molar-refractivity contribution is 0.165. The zero-order valence-corrected chi connectivity index (χ0v) is 9.87. The van der Waals surface area contributed by atoms with Gasteiger partial charge in [0.2, 0.25) is 0 Å². The molecule has 0 aromatic rings. The molecule has 0 bridgehead atoms. The molecule has 0 radical (unpaired) electrons. The molecule has 2 aliphatic heterocycles. The van der Waals surface area contributed by atoms with Crippen LogP contribution in [-0.2, 0) is 4.74 Å². The summed E-state index contributed by atoms with van der Waals surface area (Å²) in [4.78, 5) is 2.59. The molecule has 2 rings (SSSR count). The number of rotatable bonds is 5. The van der Waals surface area contributed by atoms with Crippen LogP contribution in [0, 0.1) is 5.92 Å². The second-order valence-corrected chi connectivity index (χ2v) is 4.88. The van der Waals surface area contributed by atoms with Gasteiger partial charge in [0.15, 0.2) is 0 Å². The van der Waals surface area contributed by atoms with Crippen LogP contribution < -0.4 is 5.32 Å². The Kier molecular flexibility index (Phi) is 4.42. The predicted molar refractivity (Wildman–Crippen MR) is 62.1 cm³/mol. The zero-order chi connectivity index (χ0) is 10.5. The normalized spacial score (nSPS) is 31.6. The summed E-state index contributed by atoms with van der Waals surface area (Å²) in [6.45, 7) is 9.08. The first-order valence-electron chi connectivity index (χ1n) is 6.42. The number of likely N-dealkylation sites (N-methyl/N-ethyl adjacent to an activating group) is 1. The third-order valence-electron chi connectivity index (χ3n) is 3.63. The Hall–Kier alpha value is -0.120. The van der Waals surface area contributed by atoms with Crippen LogP contribution in [0.2, 0.25) is 0 Å². The van der Waals surface area contributed by atoms with E-state index in [0.717, 1.165) is 25.2 Å². The maximum atomic E-state index is 5.43. The summed E-state index contributed by atoms with van der Waals surface area (Å²) >= 11 is 0. The highest BCUT2D eigenvalue weighted by molar-refractivity contribution is 4.79. The van der Waals surface area contributed by atoms with Crippen molar-refractivity contribution in [1.82, 2.24) is 10.2 Å². The summed E-state index contributed by atoms with van der Waals surface area (Å²) in [5.74, 6) is 0.784. The van der Waals surface area contributed by atoms with Crippen molar-refractivity contribution in [3.05, 3.63) is 0 Å². The minimum absolute atomic E-state index is 0.743. The molecule has 0 aromatic carbocycles. The average Bonchev–Trinajstić information content (AvgIpc) is 2.89. The summed E-state index contributed by atoms with van der Waals surface area (Å²) < 4.78 is 5.43. The van der Waals surface area contributed by atoms with Crippen molar-refractivity contribution in [2.75, 3.05) is 39.4 Å². The molecule has 0 spiro atoms. The minimum Gasteiger partial charge on any atom is -0.381 e. The Balaban J connectivity index is 1.70. The Bertz CT molecular complexity index is 156. The van der Waals surface area contributed by atoms with E-state index < -0.39 is 0 Å². The van der Waals surface area contributed by atoms with Gasteiger partial charge in [-0.2, -0.15) is 0 Å². The highest BCUT2D eigenvalue weighted by Crippen LogP contribution is 2.15. The molecular weight excluding hydrogens is 188 g/mol. The lowest BCUT2D eigenvalue weighted by atomic mass is 10.1. The lowest BCUT2D eigenvalue weighted by Gasteiger charge is -2.26. The van der Waals surface area contributed by atoms with E-state index in [1.807, 2.05) is 0 Å². The van der Waals surface area contributed by atoms with E-state index in [9.17, 15) is 0 Å². The molecule has 88 valence electrons. The van der Waals surface area contributed by atoms with Crippen molar-refractivity contribution >= 4 is 0 Å². The SMILES string of the molecule is CCN(CC1CCOC1)CC1CCCN1. The Labute approximate surface area is 93.2 Å². The van der Waals surface area contributed by atoms with E-state index in [4.69, 9.17) is 4.74 Å². The summed E-state index contributed by atoms with van der Waals surface area (Å²) in [6.07, 6.45) is 3.97. The van der Waals surface area contributed by atoms with Gasteiger partial charge in [-0.3, -0.25) is 0 Å². The quantitative estimate of drug-likeness (QED) is 0.738. The molecule has 2 fully saturated rings. The number of hydrogen-bond donors (Lipinski definition) is 1. The van der Waals surface area contributed by atoms with Gasteiger partial charge in [0.1, 0.15) is 0 Å². The van der Waals surface area contributed by atoms with Gasteiger partial charge in [0, 0.05) is 25.7 Å². The minimum atomic E-state index is 0.743. The molecule has 0 aliphatic carbocycles. The summed E-state index contributed by atoms with van der Waals surface area (Å²) in [5, 5.41) is 3.57. The van der Waals surface area contributed by atoms with E-state index in [1.54, 1.807) is 0 Å². The van der Waals surface area contributed by atoms with Gasteiger partial charge in [0.05, 0.1) is 6.61 Å². The van der Waals surface area contributed by atoms with E-state index in [1.165, 1.54) is 45.4 Å². The van der Waals surface area contributed by atoms with Crippen molar-refractivity contribution in [2.24, 2.45) is 5.92 Å². The van der Waals surface area contributed by atoms with Crippen LogP contribution in [0.1, 0.15) is 26.2 Å². The number of nitrogens with zero attached hydrogens (tertiary/aromatic N) is 1. The molecule has 2 saturated heterocycles. The molecule has 3 heteroatoms. The Morgan fingerprint density at radius 1 is 1.33 bits per heavy atom. The van der Waals surface area contributed by atoms with Gasteiger partial charge in [-0.25, -0.2) is 0 Å². The third kappa shape index (κ3) is 3.44. The monoisotopic (exact) mass is 212 g/mol. The number of hydrogen-bond acceptors (Lipinski definition) is 3. The van der Waals surface area contributed by atoms with Crippen molar-refractivity contribution in [3.63, 3.8) is 0 Å². The van der Waals surface area contributed by atoms with Gasteiger partial charge >= 0.3 is 0 Å². The molecule has 15 heavy (non-hydrogen) atoms. The van der Waals surface area contributed by atoms with Crippen LogP contribution in [0.3, 0.4) is 0 Å². The fourth-order valence-corrected chi connectivity index (χ4v) is 2.65. The molecule has 2 unspecified atom stereocenters. The molecule has 2 heterocycles. The highest BCUT2D eigenvalue weighted by atomic mass is 16.5. The van der Waals surface area contributed by atoms with E-state index in [2.05, 4.69) is 17.1 Å². The topological polar surface area (TPSA) is 24.5 Å². The van der Waals surface area contributed by atoms with Crippen LogP contribution in [0.25, 0.3) is 0 Å². The standard InChI is InChI=1S/C12H24N2O/c1-2-14(8-11-5-7-15-10-11)9-12-4-3-6-13-12/h11-13H,2-10H2,1H3. The zero-order valence-electron chi connectivity index (χ0n) is 9.87. The van der Waals surface area contributed by atoms with Crippen LogP contribution in [0.5, 0.6) is 0 Å². The fraction of sp³-hybridized carbons (Fsp3) is 1.00. The van der Waals surface area contributed by atoms with Gasteiger partial charge in [0.25, 0.3) is 0 Å².